The molecule has 0 aliphatic rings. The van der Waals surface area contributed by atoms with Crippen LogP contribution in [0.3, 0.4) is 0 Å². The number of ether oxygens (including phenoxy) is 3. The molecule has 2 aromatic carbocycles. The minimum atomic E-state index is -3.60. The highest BCUT2D eigenvalue weighted by Crippen LogP contribution is 2.22. The van der Waals surface area contributed by atoms with Crippen LogP contribution >= 0.6 is 43.7 Å². The van der Waals surface area contributed by atoms with Crippen LogP contribution in [0.1, 0.15) is 18.1 Å². The van der Waals surface area contributed by atoms with Crippen molar-refractivity contribution in [3.05, 3.63) is 59.7 Å². The molecule has 1 amide bonds. The highest BCUT2D eigenvalue weighted by atomic mass is 32.3. The van der Waals surface area contributed by atoms with Gasteiger partial charge in [-0.25, -0.2) is 26.4 Å². The highest BCUT2D eigenvalue weighted by Gasteiger charge is 2.22. The van der Waals surface area contributed by atoms with Gasteiger partial charge in [-0.15, -0.1) is 7.42 Å². The number of sulfonamides is 2. The molecule has 0 fully saturated rings. The van der Waals surface area contributed by atoms with Gasteiger partial charge in [-0.05, 0) is 68.9 Å². The van der Waals surface area contributed by atoms with E-state index in [1.807, 2.05) is 13.8 Å². The van der Waals surface area contributed by atoms with Gasteiger partial charge < -0.3 is 19.1 Å². The van der Waals surface area contributed by atoms with E-state index in [1.54, 1.807) is 57.4 Å². The third kappa shape index (κ3) is 14.2. The fraction of sp³-hybridized carbons (Fsp3) is 0.417. The van der Waals surface area contributed by atoms with Gasteiger partial charge in [0, 0.05) is 28.2 Å². The summed E-state index contributed by atoms with van der Waals surface area (Å²) in [6, 6.07) is 13.1. The fourth-order valence-electron chi connectivity index (χ4n) is 2.44. The minimum absolute atomic E-state index is 0. The van der Waals surface area contributed by atoms with Crippen molar-refractivity contribution in [2.75, 3.05) is 46.7 Å². The number of aryl methyl sites for hydroxylation is 2. The molecule has 0 radical (unpaired) electrons. The van der Waals surface area contributed by atoms with E-state index in [0.717, 1.165) is 42.4 Å². The SMILES string of the molecule is CCOC(=O)OCSN(C)S(=O)(=O)c1ccc(C)cc1.Cc1ccc(S(=O)(=O)N(C)SCOC(=O)N(C)C)cc1.P.P. The number of amides is 1. The average molecular weight is 706 g/mol. The predicted octanol–water partition coefficient (Wildman–Crippen LogP) is 4.43. The monoisotopic (exact) mass is 705 g/mol. The summed E-state index contributed by atoms with van der Waals surface area (Å²) in [6.45, 7) is 5.63. The van der Waals surface area contributed by atoms with E-state index in [0.29, 0.717) is 0 Å². The topological polar surface area (TPSA) is 140 Å². The van der Waals surface area contributed by atoms with Crippen LogP contribution in [0.5, 0.6) is 0 Å². The summed E-state index contributed by atoms with van der Waals surface area (Å²) >= 11 is 1.76. The molecule has 240 valence electrons. The van der Waals surface area contributed by atoms with Gasteiger partial charge in [0.2, 0.25) is 0 Å². The second-order valence-corrected chi connectivity index (χ2v) is 14.6. The summed E-state index contributed by atoms with van der Waals surface area (Å²) in [6.07, 6.45) is -1.33. The van der Waals surface area contributed by atoms with Gasteiger partial charge in [-0.2, -0.15) is 19.8 Å². The Morgan fingerprint density at radius 2 is 1.02 bits per heavy atom. The minimum Gasteiger partial charge on any atom is -0.437 e. The van der Waals surface area contributed by atoms with Crippen molar-refractivity contribution >= 4 is 76.0 Å². The number of hydrogen-bond donors (Lipinski definition) is 0. The molecule has 2 unspecified atom stereocenters. The Labute approximate surface area is 264 Å². The predicted molar refractivity (Wildman–Crippen MR) is 178 cm³/mol. The summed E-state index contributed by atoms with van der Waals surface area (Å²) in [5, 5.41) is 0. The van der Waals surface area contributed by atoms with E-state index >= 15 is 0 Å². The molecule has 0 heterocycles. The molecular formula is C24H41N3O9P2S4. The number of benzene rings is 2. The van der Waals surface area contributed by atoms with Crippen LogP contribution in [0.15, 0.2) is 58.3 Å². The molecule has 0 N–H and O–H groups in total. The molecule has 2 rings (SSSR count). The Kier molecular flexibility index (Phi) is 20.6. The van der Waals surface area contributed by atoms with Gasteiger partial charge in [-0.1, -0.05) is 35.4 Å². The molecule has 0 spiro atoms. The normalized spacial score (nSPS) is 10.9. The van der Waals surface area contributed by atoms with Crippen LogP contribution in [0.25, 0.3) is 0 Å². The van der Waals surface area contributed by atoms with E-state index in [-0.39, 0.29) is 48.1 Å². The van der Waals surface area contributed by atoms with Gasteiger partial charge in [0.25, 0.3) is 20.0 Å². The van der Waals surface area contributed by atoms with Gasteiger partial charge >= 0.3 is 12.2 Å². The van der Waals surface area contributed by atoms with Gasteiger partial charge in [0.05, 0.1) is 16.4 Å². The molecule has 18 heteroatoms. The van der Waals surface area contributed by atoms with E-state index in [2.05, 4.69) is 4.74 Å². The molecule has 42 heavy (non-hydrogen) atoms. The van der Waals surface area contributed by atoms with Crippen molar-refractivity contribution in [2.24, 2.45) is 0 Å². The number of rotatable bonds is 11. The van der Waals surface area contributed by atoms with E-state index in [4.69, 9.17) is 9.47 Å². The summed E-state index contributed by atoms with van der Waals surface area (Å²) < 4.78 is 65.0. The first-order chi connectivity index (χ1) is 18.6. The summed E-state index contributed by atoms with van der Waals surface area (Å²) in [5.41, 5.74) is 1.96. The standard InChI is InChI=1S/C12H18N2O4S2.C12H17NO5S2.2H3P/c1-10-5-7-11(8-6-10)20(16,17)14(4)19-9-18-12(15)13(2)3;1-4-17-12(14)18-9-19-13(3)20(15,16)11-7-5-10(2)6-8-11;;/h5-8H,9H2,1-4H3;5-8H,4,9H2,1-3H3;2*1H3. The molecule has 0 saturated heterocycles. The average Bonchev–Trinajstić information content (AvgIpc) is 2.89. The summed E-state index contributed by atoms with van der Waals surface area (Å²) in [5.74, 6) is -0.209. The first-order valence-corrected chi connectivity index (χ1v) is 16.4. The van der Waals surface area contributed by atoms with Crippen LogP contribution in [0, 0.1) is 13.8 Å². The Balaban J connectivity index is 0. The molecule has 0 bridgehead atoms. The van der Waals surface area contributed by atoms with E-state index in [9.17, 15) is 26.4 Å². The van der Waals surface area contributed by atoms with Crippen LogP contribution in [-0.4, -0.2) is 88.1 Å². The third-order valence-electron chi connectivity index (χ3n) is 4.77. The zero-order valence-electron chi connectivity index (χ0n) is 24.8. The van der Waals surface area contributed by atoms with Crippen LogP contribution in [0.2, 0.25) is 0 Å². The highest BCUT2D eigenvalue weighted by molar-refractivity contribution is 8.08. The van der Waals surface area contributed by atoms with Crippen LogP contribution in [-0.2, 0) is 34.3 Å². The largest absolute Gasteiger partial charge is 0.509 e. The molecule has 2 aromatic rings. The Morgan fingerprint density at radius 3 is 1.36 bits per heavy atom. The summed E-state index contributed by atoms with van der Waals surface area (Å²) in [7, 11) is -1.26. The van der Waals surface area contributed by atoms with E-state index < -0.39 is 32.3 Å². The maximum Gasteiger partial charge on any atom is 0.509 e. The molecule has 2 atom stereocenters. The van der Waals surface area contributed by atoms with Crippen molar-refractivity contribution in [2.45, 2.75) is 30.6 Å². The molecule has 0 aliphatic heterocycles. The molecule has 0 aliphatic carbocycles. The zero-order chi connectivity index (χ0) is 30.5. The summed E-state index contributed by atoms with van der Waals surface area (Å²) in [4.78, 5) is 23.8. The number of carbonyl (C=O) groups excluding carboxylic acids is 2. The first-order valence-electron chi connectivity index (χ1n) is 11.6. The second kappa shape index (κ2) is 20.3. The third-order valence-corrected chi connectivity index (χ3v) is 10.8. The maximum atomic E-state index is 12.2. The lowest BCUT2D eigenvalue weighted by Gasteiger charge is -2.17. The zero-order valence-corrected chi connectivity index (χ0v) is 30.9. The maximum absolute atomic E-state index is 12.2. The van der Waals surface area contributed by atoms with Gasteiger partial charge in [0.15, 0.2) is 11.9 Å². The second-order valence-electron chi connectivity index (χ2n) is 8.08. The Bertz CT molecular complexity index is 1310. The molecule has 12 nitrogen and oxygen atoms in total. The number of nitrogens with zero attached hydrogens (tertiary/aromatic N) is 3. The lowest BCUT2D eigenvalue weighted by Crippen LogP contribution is -2.25. The molecule has 0 aromatic heterocycles. The van der Waals surface area contributed by atoms with Crippen molar-refractivity contribution in [3.8, 4) is 0 Å². The van der Waals surface area contributed by atoms with Crippen molar-refractivity contribution < 1.29 is 40.6 Å². The van der Waals surface area contributed by atoms with Crippen LogP contribution in [0.4, 0.5) is 9.59 Å². The van der Waals surface area contributed by atoms with Gasteiger partial charge in [-0.3, -0.25) is 0 Å². The smallest absolute Gasteiger partial charge is 0.437 e. The van der Waals surface area contributed by atoms with E-state index in [1.165, 1.54) is 31.1 Å². The van der Waals surface area contributed by atoms with Crippen LogP contribution < -0.4 is 0 Å². The first kappa shape index (κ1) is 42.5. The van der Waals surface area contributed by atoms with Crippen molar-refractivity contribution in [1.29, 1.82) is 0 Å². The molecular weight excluding hydrogens is 664 g/mol. The van der Waals surface area contributed by atoms with Gasteiger partial charge in [0.1, 0.15) is 0 Å². The Hall–Kier alpha value is -1.64. The Morgan fingerprint density at radius 1 is 0.667 bits per heavy atom. The van der Waals surface area contributed by atoms with Crippen molar-refractivity contribution in [3.63, 3.8) is 0 Å². The lowest BCUT2D eigenvalue weighted by atomic mass is 10.2. The number of carbonyl (C=O) groups is 2. The fourth-order valence-corrected chi connectivity index (χ4v) is 6.48. The van der Waals surface area contributed by atoms with Crippen molar-refractivity contribution in [1.82, 2.24) is 12.3 Å². The quantitative estimate of drug-likeness (QED) is 0.142. The molecule has 0 saturated carbocycles. The number of hydrogen-bond acceptors (Lipinski definition) is 11. The lowest BCUT2D eigenvalue weighted by molar-refractivity contribution is 0.0727.